The van der Waals surface area contributed by atoms with E-state index in [1.165, 1.54) is 19.2 Å². The molecule has 0 heterocycles. The molecule has 2 nitrogen and oxygen atoms in total. The van der Waals surface area contributed by atoms with Gasteiger partial charge in [-0.3, -0.25) is 0 Å². The molecule has 2 rings (SSSR count). The van der Waals surface area contributed by atoms with Gasteiger partial charge in [-0.05, 0) is 30.8 Å². The van der Waals surface area contributed by atoms with Gasteiger partial charge in [-0.1, -0.05) is 23.7 Å². The minimum absolute atomic E-state index is 0.360. The average Bonchev–Trinajstić information content (AvgIpc) is 2.43. The van der Waals surface area contributed by atoms with Gasteiger partial charge >= 0.3 is 0 Å². The molecule has 1 N–H and O–H groups in total. The maximum atomic E-state index is 13.9. The van der Waals surface area contributed by atoms with E-state index in [0.717, 1.165) is 11.6 Å². The van der Waals surface area contributed by atoms with Crippen LogP contribution in [0.1, 0.15) is 17.2 Å². The number of halogens is 3. The molecule has 5 heteroatoms. The molecule has 0 saturated heterocycles. The second kappa shape index (κ2) is 6.20. The quantitative estimate of drug-likeness (QED) is 0.923. The molecule has 106 valence electrons. The van der Waals surface area contributed by atoms with Crippen LogP contribution >= 0.6 is 11.6 Å². The Balaban J connectivity index is 2.46. The Kier molecular flexibility index (Phi) is 4.57. The van der Waals surface area contributed by atoms with E-state index >= 15 is 0 Å². The summed E-state index contributed by atoms with van der Waals surface area (Å²) in [5.41, 5.74) is 1.14. The molecule has 0 saturated carbocycles. The average molecular weight is 298 g/mol. The molecule has 20 heavy (non-hydrogen) atoms. The van der Waals surface area contributed by atoms with Crippen LogP contribution in [0.15, 0.2) is 36.4 Å². The zero-order valence-electron chi connectivity index (χ0n) is 11.1. The van der Waals surface area contributed by atoms with Gasteiger partial charge in [0.15, 0.2) is 0 Å². The lowest BCUT2D eigenvalue weighted by molar-refractivity contribution is 0.414. The highest BCUT2D eigenvalue weighted by molar-refractivity contribution is 6.32. The molecule has 0 aliphatic carbocycles. The van der Waals surface area contributed by atoms with Gasteiger partial charge in [0.25, 0.3) is 0 Å². The minimum Gasteiger partial charge on any atom is -0.495 e. The standard InChI is InChI=1S/C15H14ClF2NO/c1-19-15(11-5-4-10(17)8-13(11)18)9-3-6-12(16)14(7-9)20-2/h3-8,15,19H,1-2H3. The fourth-order valence-electron chi connectivity index (χ4n) is 2.09. The highest BCUT2D eigenvalue weighted by atomic mass is 35.5. The van der Waals surface area contributed by atoms with E-state index in [2.05, 4.69) is 5.32 Å². The smallest absolute Gasteiger partial charge is 0.137 e. The van der Waals surface area contributed by atoms with Crippen molar-refractivity contribution in [3.05, 3.63) is 64.2 Å². The summed E-state index contributed by atoms with van der Waals surface area (Å²) < 4.78 is 32.0. The Hall–Kier alpha value is -1.65. The van der Waals surface area contributed by atoms with Crippen molar-refractivity contribution < 1.29 is 13.5 Å². The molecule has 2 aromatic rings. The molecule has 0 spiro atoms. The van der Waals surface area contributed by atoms with Gasteiger partial charge in [0.2, 0.25) is 0 Å². The van der Waals surface area contributed by atoms with E-state index in [-0.39, 0.29) is 0 Å². The van der Waals surface area contributed by atoms with Crippen LogP contribution in [0.2, 0.25) is 5.02 Å². The van der Waals surface area contributed by atoms with E-state index in [1.807, 2.05) is 0 Å². The molecular weight excluding hydrogens is 284 g/mol. The second-order valence-corrected chi connectivity index (χ2v) is 4.69. The third-order valence-corrected chi connectivity index (χ3v) is 3.38. The van der Waals surface area contributed by atoms with Crippen molar-refractivity contribution in [1.82, 2.24) is 5.32 Å². The van der Waals surface area contributed by atoms with Crippen LogP contribution < -0.4 is 10.1 Å². The topological polar surface area (TPSA) is 21.3 Å². The summed E-state index contributed by atoms with van der Waals surface area (Å²) in [6, 6.07) is 8.29. The fraction of sp³-hybridized carbons (Fsp3) is 0.200. The van der Waals surface area contributed by atoms with Gasteiger partial charge in [-0.15, -0.1) is 0 Å². The highest BCUT2D eigenvalue weighted by Crippen LogP contribution is 2.31. The van der Waals surface area contributed by atoms with Gasteiger partial charge in [-0.2, -0.15) is 0 Å². The van der Waals surface area contributed by atoms with E-state index in [9.17, 15) is 8.78 Å². The molecule has 0 aliphatic heterocycles. The van der Waals surface area contributed by atoms with E-state index in [4.69, 9.17) is 16.3 Å². The number of ether oxygens (including phenoxy) is 1. The lowest BCUT2D eigenvalue weighted by Crippen LogP contribution is -2.19. The summed E-state index contributed by atoms with van der Waals surface area (Å²) in [6.45, 7) is 0. The Bertz CT molecular complexity index is 619. The van der Waals surface area contributed by atoms with Gasteiger partial charge in [0, 0.05) is 11.6 Å². The zero-order chi connectivity index (χ0) is 14.7. The van der Waals surface area contributed by atoms with E-state index in [1.54, 1.807) is 25.2 Å². The number of hydrogen-bond acceptors (Lipinski definition) is 2. The SMILES string of the molecule is CNC(c1ccc(Cl)c(OC)c1)c1ccc(F)cc1F. The first-order valence-corrected chi connectivity index (χ1v) is 6.40. The van der Waals surface area contributed by atoms with Crippen molar-refractivity contribution in [3.8, 4) is 5.75 Å². The first-order chi connectivity index (χ1) is 9.56. The molecule has 0 fully saturated rings. The van der Waals surface area contributed by atoms with E-state index in [0.29, 0.717) is 16.3 Å². The summed E-state index contributed by atoms with van der Waals surface area (Å²) in [4.78, 5) is 0. The van der Waals surface area contributed by atoms with Crippen molar-refractivity contribution in [1.29, 1.82) is 0 Å². The summed E-state index contributed by atoms with van der Waals surface area (Å²) in [5.74, 6) is -0.694. The van der Waals surface area contributed by atoms with Gasteiger partial charge in [0.05, 0.1) is 18.2 Å². The molecule has 1 unspecified atom stereocenters. The third kappa shape index (κ3) is 2.92. The van der Waals surface area contributed by atoms with Gasteiger partial charge < -0.3 is 10.1 Å². The number of nitrogens with one attached hydrogen (secondary N) is 1. The summed E-state index contributed by atoms with van der Waals surface area (Å²) in [6.07, 6.45) is 0. The number of methoxy groups -OCH3 is 1. The highest BCUT2D eigenvalue weighted by Gasteiger charge is 2.18. The fourth-order valence-corrected chi connectivity index (χ4v) is 2.29. The molecule has 1 atom stereocenters. The first-order valence-electron chi connectivity index (χ1n) is 6.02. The van der Waals surface area contributed by atoms with Crippen LogP contribution in [0, 0.1) is 11.6 Å². The zero-order valence-corrected chi connectivity index (χ0v) is 11.8. The molecule has 0 radical (unpaired) electrons. The maximum absolute atomic E-state index is 13.9. The first kappa shape index (κ1) is 14.8. The van der Waals surface area contributed by atoms with Crippen molar-refractivity contribution in [3.63, 3.8) is 0 Å². The summed E-state index contributed by atoms with van der Waals surface area (Å²) >= 11 is 5.97. The Labute approximate surface area is 121 Å². The summed E-state index contributed by atoms with van der Waals surface area (Å²) in [7, 11) is 3.21. The lowest BCUT2D eigenvalue weighted by Gasteiger charge is -2.19. The predicted octanol–water partition coefficient (Wildman–Crippen LogP) is 3.94. The van der Waals surface area contributed by atoms with Crippen LogP contribution in [0.4, 0.5) is 8.78 Å². The molecular formula is C15H14ClF2NO. The van der Waals surface area contributed by atoms with E-state index < -0.39 is 17.7 Å². The maximum Gasteiger partial charge on any atom is 0.137 e. The summed E-state index contributed by atoms with van der Waals surface area (Å²) in [5, 5.41) is 3.48. The van der Waals surface area contributed by atoms with Crippen molar-refractivity contribution in [2.45, 2.75) is 6.04 Å². The van der Waals surface area contributed by atoms with Crippen molar-refractivity contribution >= 4 is 11.6 Å². The largest absolute Gasteiger partial charge is 0.495 e. The third-order valence-electron chi connectivity index (χ3n) is 3.07. The molecule has 0 amide bonds. The second-order valence-electron chi connectivity index (χ2n) is 4.28. The molecule has 0 aliphatic rings. The Morgan fingerprint density at radius 2 is 1.90 bits per heavy atom. The number of hydrogen-bond donors (Lipinski definition) is 1. The lowest BCUT2D eigenvalue weighted by atomic mass is 9.98. The number of rotatable bonds is 4. The molecule has 0 aromatic heterocycles. The monoisotopic (exact) mass is 297 g/mol. The Morgan fingerprint density at radius 3 is 2.50 bits per heavy atom. The van der Waals surface area contributed by atoms with Crippen LogP contribution in [0.25, 0.3) is 0 Å². The predicted molar refractivity (Wildman–Crippen MR) is 75.3 cm³/mol. The van der Waals surface area contributed by atoms with Crippen LogP contribution in [-0.2, 0) is 0 Å². The van der Waals surface area contributed by atoms with Crippen LogP contribution in [-0.4, -0.2) is 14.2 Å². The number of benzene rings is 2. The van der Waals surface area contributed by atoms with Crippen LogP contribution in [0.3, 0.4) is 0 Å². The minimum atomic E-state index is -0.602. The van der Waals surface area contributed by atoms with Crippen LogP contribution in [0.5, 0.6) is 5.75 Å². The van der Waals surface area contributed by atoms with Crippen molar-refractivity contribution in [2.75, 3.05) is 14.2 Å². The molecule has 0 bridgehead atoms. The van der Waals surface area contributed by atoms with Gasteiger partial charge in [0.1, 0.15) is 17.4 Å². The van der Waals surface area contributed by atoms with Gasteiger partial charge in [-0.25, -0.2) is 8.78 Å². The normalized spacial score (nSPS) is 12.2. The molecule has 2 aromatic carbocycles. The Morgan fingerprint density at radius 1 is 1.15 bits per heavy atom. The van der Waals surface area contributed by atoms with Crippen molar-refractivity contribution in [2.24, 2.45) is 0 Å².